The van der Waals surface area contributed by atoms with E-state index in [2.05, 4.69) is 10.1 Å². The van der Waals surface area contributed by atoms with E-state index in [0.717, 1.165) is 23.5 Å². The molecule has 0 aliphatic rings. The summed E-state index contributed by atoms with van der Waals surface area (Å²) in [7, 11) is 1.77. The maximum absolute atomic E-state index is 12.6. The Hall–Kier alpha value is -2.62. The summed E-state index contributed by atoms with van der Waals surface area (Å²) in [6, 6.07) is 4.10. The molecule has 23 heavy (non-hydrogen) atoms. The Morgan fingerprint density at radius 1 is 1.35 bits per heavy atom. The average molecular weight is 320 g/mol. The molecule has 0 fully saturated rings. The molecule has 0 bridgehead atoms. The Morgan fingerprint density at radius 2 is 2.04 bits per heavy atom. The minimum Gasteiger partial charge on any atom is -0.275 e. The van der Waals surface area contributed by atoms with Gasteiger partial charge in [-0.25, -0.2) is 0 Å². The lowest BCUT2D eigenvalue weighted by Crippen LogP contribution is -2.05. The van der Waals surface area contributed by atoms with Gasteiger partial charge in [-0.05, 0) is 24.1 Å². The number of halogens is 3. The van der Waals surface area contributed by atoms with Gasteiger partial charge in [-0.1, -0.05) is 13.8 Å². The summed E-state index contributed by atoms with van der Waals surface area (Å²) in [5, 5.41) is 13.6. The fourth-order valence-corrected chi connectivity index (χ4v) is 2.12. The monoisotopic (exact) mass is 320 g/mol. The molecule has 0 saturated heterocycles. The van der Waals surface area contributed by atoms with Gasteiger partial charge >= 0.3 is 6.18 Å². The molecular formula is C16H15F3N4. The van der Waals surface area contributed by atoms with Gasteiger partial charge in [0.05, 0.1) is 22.5 Å². The highest BCUT2D eigenvalue weighted by molar-refractivity contribution is 5.88. The van der Waals surface area contributed by atoms with Crippen molar-refractivity contribution in [3.05, 3.63) is 47.0 Å². The van der Waals surface area contributed by atoms with Crippen LogP contribution in [0.3, 0.4) is 0 Å². The van der Waals surface area contributed by atoms with Gasteiger partial charge in [0, 0.05) is 25.0 Å². The molecule has 0 atom stereocenters. The second-order valence-corrected chi connectivity index (χ2v) is 5.40. The Morgan fingerprint density at radius 3 is 2.52 bits per heavy atom. The summed E-state index contributed by atoms with van der Waals surface area (Å²) in [6.07, 6.45) is -0.363. The van der Waals surface area contributed by atoms with E-state index in [0.29, 0.717) is 0 Å². The number of aryl methyl sites for hydroxylation is 1. The van der Waals surface area contributed by atoms with Gasteiger partial charge in [0.1, 0.15) is 6.07 Å². The van der Waals surface area contributed by atoms with E-state index in [1.165, 1.54) is 6.07 Å². The molecule has 7 heteroatoms. The Kier molecular flexibility index (Phi) is 4.55. The molecule has 0 amide bonds. The largest absolute Gasteiger partial charge is 0.417 e. The van der Waals surface area contributed by atoms with Gasteiger partial charge in [-0.15, -0.1) is 0 Å². The average Bonchev–Trinajstić information content (AvgIpc) is 2.85. The van der Waals surface area contributed by atoms with Crippen LogP contribution in [-0.2, 0) is 13.2 Å². The van der Waals surface area contributed by atoms with Crippen LogP contribution in [0.25, 0.3) is 11.6 Å². The van der Waals surface area contributed by atoms with Gasteiger partial charge < -0.3 is 0 Å². The lowest BCUT2D eigenvalue weighted by atomic mass is 10.0. The predicted molar refractivity (Wildman–Crippen MR) is 80.0 cm³/mol. The first-order valence-electron chi connectivity index (χ1n) is 6.91. The lowest BCUT2D eigenvalue weighted by Gasteiger charge is -2.06. The SMILES string of the molecule is CC(C)c1nn(C)cc1/C=C(\C#N)c1ccc(C(F)(F)F)cn1. The summed E-state index contributed by atoms with van der Waals surface area (Å²) in [5.74, 6) is 0.156. The van der Waals surface area contributed by atoms with Gasteiger partial charge in [-0.3, -0.25) is 9.67 Å². The van der Waals surface area contributed by atoms with Gasteiger partial charge in [0.15, 0.2) is 0 Å². The standard InChI is InChI=1S/C16H15F3N4/c1-10(2)15-12(9-23(3)22-15)6-11(7-20)14-5-4-13(8-21-14)16(17,18)19/h4-6,8-10H,1-3H3/b11-6+. The molecule has 0 aromatic carbocycles. The number of alkyl halides is 3. The van der Waals surface area contributed by atoms with E-state index in [4.69, 9.17) is 0 Å². The Bertz CT molecular complexity index is 762. The zero-order valence-electron chi connectivity index (χ0n) is 12.9. The number of aromatic nitrogens is 3. The third-order valence-corrected chi connectivity index (χ3v) is 3.22. The van der Waals surface area contributed by atoms with E-state index in [-0.39, 0.29) is 17.2 Å². The van der Waals surface area contributed by atoms with Crippen LogP contribution in [0.5, 0.6) is 0 Å². The van der Waals surface area contributed by atoms with E-state index in [1.807, 2.05) is 19.9 Å². The van der Waals surface area contributed by atoms with Crippen LogP contribution in [0.2, 0.25) is 0 Å². The van der Waals surface area contributed by atoms with Crippen LogP contribution in [-0.4, -0.2) is 14.8 Å². The molecule has 2 aromatic rings. The molecule has 0 saturated carbocycles. The third kappa shape index (κ3) is 3.77. The zero-order valence-corrected chi connectivity index (χ0v) is 12.9. The lowest BCUT2D eigenvalue weighted by molar-refractivity contribution is -0.137. The molecule has 0 N–H and O–H groups in total. The first kappa shape index (κ1) is 16.7. The van der Waals surface area contributed by atoms with Crippen LogP contribution >= 0.6 is 0 Å². The second-order valence-electron chi connectivity index (χ2n) is 5.40. The number of hydrogen-bond acceptors (Lipinski definition) is 3. The zero-order chi connectivity index (χ0) is 17.2. The van der Waals surface area contributed by atoms with E-state index in [9.17, 15) is 18.4 Å². The number of rotatable bonds is 3. The van der Waals surface area contributed by atoms with E-state index < -0.39 is 11.7 Å². The summed E-state index contributed by atoms with van der Waals surface area (Å²) in [6.45, 7) is 3.95. The van der Waals surface area contributed by atoms with Crippen molar-refractivity contribution in [1.29, 1.82) is 5.26 Å². The highest BCUT2D eigenvalue weighted by atomic mass is 19.4. The molecule has 0 spiro atoms. The molecule has 0 aliphatic heterocycles. The number of nitrogens with zero attached hydrogens (tertiary/aromatic N) is 4. The summed E-state index contributed by atoms with van der Waals surface area (Å²) in [5.41, 5.74) is 1.10. The van der Waals surface area contributed by atoms with Gasteiger partial charge in [0.25, 0.3) is 0 Å². The second kappa shape index (κ2) is 6.24. The molecule has 120 valence electrons. The molecule has 4 nitrogen and oxygen atoms in total. The molecule has 0 radical (unpaired) electrons. The van der Waals surface area contributed by atoms with Crippen LogP contribution < -0.4 is 0 Å². The smallest absolute Gasteiger partial charge is 0.275 e. The van der Waals surface area contributed by atoms with Gasteiger partial charge in [0.2, 0.25) is 0 Å². The summed E-state index contributed by atoms with van der Waals surface area (Å²) in [4.78, 5) is 3.76. The topological polar surface area (TPSA) is 54.5 Å². The van der Waals surface area contributed by atoms with Crippen molar-refractivity contribution >= 4 is 11.6 Å². The molecule has 0 aliphatic carbocycles. The number of pyridine rings is 1. The first-order chi connectivity index (χ1) is 10.7. The van der Waals surface area contributed by atoms with Gasteiger partial charge in [-0.2, -0.15) is 23.5 Å². The Labute approximate surface area is 131 Å². The highest BCUT2D eigenvalue weighted by Crippen LogP contribution is 2.29. The highest BCUT2D eigenvalue weighted by Gasteiger charge is 2.30. The predicted octanol–water partition coefficient (Wildman–Crippen LogP) is 4.02. The van der Waals surface area contributed by atoms with Crippen LogP contribution in [0.15, 0.2) is 24.5 Å². The minimum absolute atomic E-state index is 0.156. The maximum Gasteiger partial charge on any atom is 0.417 e. The molecule has 2 heterocycles. The van der Waals surface area contributed by atoms with Crippen molar-refractivity contribution in [1.82, 2.24) is 14.8 Å². The van der Waals surface area contributed by atoms with Crippen molar-refractivity contribution in [2.75, 3.05) is 0 Å². The van der Waals surface area contributed by atoms with E-state index in [1.54, 1.807) is 24.0 Å². The van der Waals surface area contributed by atoms with Crippen molar-refractivity contribution in [2.24, 2.45) is 7.05 Å². The van der Waals surface area contributed by atoms with Crippen LogP contribution in [0, 0.1) is 11.3 Å². The normalized spacial score (nSPS) is 12.5. The first-order valence-corrected chi connectivity index (χ1v) is 6.91. The fraction of sp³-hybridized carbons (Fsp3) is 0.312. The maximum atomic E-state index is 12.6. The van der Waals surface area contributed by atoms with E-state index >= 15 is 0 Å². The minimum atomic E-state index is -4.45. The number of allylic oxidation sites excluding steroid dienone is 1. The van der Waals surface area contributed by atoms with Crippen molar-refractivity contribution < 1.29 is 13.2 Å². The number of hydrogen-bond donors (Lipinski definition) is 0. The quantitative estimate of drug-likeness (QED) is 0.803. The Balaban J connectivity index is 2.43. The van der Waals surface area contributed by atoms with Crippen molar-refractivity contribution in [3.63, 3.8) is 0 Å². The van der Waals surface area contributed by atoms with Crippen molar-refractivity contribution in [2.45, 2.75) is 25.9 Å². The molecule has 2 rings (SSSR count). The number of nitriles is 1. The fourth-order valence-electron chi connectivity index (χ4n) is 2.12. The molecule has 0 unspecified atom stereocenters. The van der Waals surface area contributed by atoms with Crippen LogP contribution in [0.1, 0.15) is 42.3 Å². The molecule has 2 aromatic heterocycles. The molecular weight excluding hydrogens is 305 g/mol. The third-order valence-electron chi connectivity index (χ3n) is 3.22. The van der Waals surface area contributed by atoms with Crippen molar-refractivity contribution in [3.8, 4) is 6.07 Å². The van der Waals surface area contributed by atoms with Crippen LogP contribution in [0.4, 0.5) is 13.2 Å². The summed E-state index contributed by atoms with van der Waals surface area (Å²) < 4.78 is 39.3. The summed E-state index contributed by atoms with van der Waals surface area (Å²) >= 11 is 0.